The molecule has 1 N–H and O–H groups in total. The summed E-state index contributed by atoms with van der Waals surface area (Å²) in [7, 11) is 0. The second-order valence-electron chi connectivity index (χ2n) is 5.66. The molecule has 0 saturated heterocycles. The minimum Gasteiger partial charge on any atom is -0.319 e. The zero-order valence-corrected chi connectivity index (χ0v) is 15.2. The Morgan fingerprint density at radius 1 is 1.31 bits per heavy atom. The van der Waals surface area contributed by atoms with E-state index >= 15 is 0 Å². The number of fused-ring (bicyclic) bond motifs is 1. The van der Waals surface area contributed by atoms with Crippen molar-refractivity contribution in [1.82, 2.24) is 9.55 Å². The lowest BCUT2D eigenvalue weighted by Crippen LogP contribution is -2.28. The molecule has 3 rings (SSSR count). The first-order valence-corrected chi connectivity index (χ1v) is 8.34. The highest BCUT2D eigenvalue weighted by Crippen LogP contribution is 2.25. The second kappa shape index (κ2) is 7.04. The van der Waals surface area contributed by atoms with Crippen LogP contribution in [0.1, 0.15) is 5.56 Å². The Hall–Kier alpha value is -3.07. The van der Waals surface area contributed by atoms with Gasteiger partial charge in [-0.1, -0.05) is 22.0 Å². The number of rotatable bonds is 4. The number of anilines is 1. The number of nitrogens with zero attached hydrogens (tertiary/aromatic N) is 3. The number of nitrogens with one attached hydrogen (secondary N) is 1. The largest absolute Gasteiger partial charge is 0.319 e. The molecule has 2 aromatic carbocycles. The van der Waals surface area contributed by atoms with Crippen LogP contribution in [0.5, 0.6) is 0 Å². The number of hydrogen-bond acceptors (Lipinski definition) is 5. The quantitative estimate of drug-likeness (QED) is 0.519. The monoisotopic (exact) mass is 416 g/mol. The zero-order chi connectivity index (χ0) is 18.8. The van der Waals surface area contributed by atoms with Crippen LogP contribution in [0.3, 0.4) is 0 Å². The summed E-state index contributed by atoms with van der Waals surface area (Å²) in [6.07, 6.45) is 1.28. The fourth-order valence-corrected chi connectivity index (χ4v) is 2.85. The number of benzene rings is 2. The topological polar surface area (TPSA) is 107 Å². The maximum atomic E-state index is 12.5. The van der Waals surface area contributed by atoms with Gasteiger partial charge in [-0.25, -0.2) is 4.98 Å². The van der Waals surface area contributed by atoms with Crippen LogP contribution in [0, 0.1) is 17.0 Å². The fraction of sp³-hybridized carbons (Fsp3) is 0.118. The molecule has 0 spiro atoms. The van der Waals surface area contributed by atoms with E-state index in [9.17, 15) is 19.7 Å². The molecule has 1 aromatic heterocycles. The van der Waals surface area contributed by atoms with E-state index in [1.165, 1.54) is 18.5 Å². The average molecular weight is 417 g/mol. The molecular formula is C17H13BrN4O4. The van der Waals surface area contributed by atoms with Gasteiger partial charge in [-0.3, -0.25) is 24.3 Å². The van der Waals surface area contributed by atoms with Crippen molar-refractivity contribution >= 4 is 44.1 Å². The standard InChI is InChI=1S/C17H13BrN4O4/c1-10-2-4-14(15(6-10)22(25)26)20-16(23)8-21-9-19-13-5-3-11(18)7-12(13)17(21)24/h2-7,9H,8H2,1H3,(H,20,23). The third-order valence-electron chi connectivity index (χ3n) is 3.72. The number of amides is 1. The molecule has 0 unspecified atom stereocenters. The Balaban J connectivity index is 1.87. The third-order valence-corrected chi connectivity index (χ3v) is 4.22. The van der Waals surface area contributed by atoms with Crippen molar-refractivity contribution in [2.75, 3.05) is 5.32 Å². The lowest BCUT2D eigenvalue weighted by atomic mass is 10.2. The van der Waals surface area contributed by atoms with E-state index in [4.69, 9.17) is 0 Å². The molecule has 1 heterocycles. The molecule has 0 bridgehead atoms. The van der Waals surface area contributed by atoms with Crippen LogP contribution in [-0.2, 0) is 11.3 Å². The Labute approximate surface area is 155 Å². The molecule has 0 saturated carbocycles. The highest BCUT2D eigenvalue weighted by atomic mass is 79.9. The van der Waals surface area contributed by atoms with Crippen molar-refractivity contribution in [3.05, 3.63) is 73.2 Å². The Bertz CT molecular complexity index is 1090. The molecule has 26 heavy (non-hydrogen) atoms. The predicted molar refractivity (Wildman–Crippen MR) is 100 cm³/mol. The van der Waals surface area contributed by atoms with E-state index in [0.29, 0.717) is 16.5 Å². The van der Waals surface area contributed by atoms with E-state index in [1.807, 2.05) is 0 Å². The van der Waals surface area contributed by atoms with E-state index in [-0.39, 0.29) is 23.5 Å². The number of nitro benzene ring substituents is 1. The van der Waals surface area contributed by atoms with Gasteiger partial charge in [-0.05, 0) is 36.8 Å². The van der Waals surface area contributed by atoms with Gasteiger partial charge in [-0.2, -0.15) is 0 Å². The average Bonchev–Trinajstić information content (AvgIpc) is 2.59. The molecule has 0 aliphatic rings. The van der Waals surface area contributed by atoms with Crippen molar-refractivity contribution < 1.29 is 9.72 Å². The zero-order valence-electron chi connectivity index (χ0n) is 13.6. The molecule has 0 atom stereocenters. The highest BCUT2D eigenvalue weighted by Gasteiger charge is 2.16. The van der Waals surface area contributed by atoms with Crippen LogP contribution in [0.4, 0.5) is 11.4 Å². The van der Waals surface area contributed by atoms with Gasteiger partial charge in [0.2, 0.25) is 5.91 Å². The van der Waals surface area contributed by atoms with Gasteiger partial charge in [0.05, 0.1) is 22.2 Å². The van der Waals surface area contributed by atoms with Crippen molar-refractivity contribution in [3.8, 4) is 0 Å². The summed E-state index contributed by atoms with van der Waals surface area (Å²) < 4.78 is 1.88. The van der Waals surface area contributed by atoms with Crippen LogP contribution < -0.4 is 10.9 Å². The number of carbonyl (C=O) groups excluding carboxylic acids is 1. The van der Waals surface area contributed by atoms with Crippen molar-refractivity contribution in [2.24, 2.45) is 0 Å². The normalized spacial score (nSPS) is 10.7. The maximum Gasteiger partial charge on any atom is 0.293 e. The second-order valence-corrected chi connectivity index (χ2v) is 6.58. The highest BCUT2D eigenvalue weighted by molar-refractivity contribution is 9.10. The molecule has 0 radical (unpaired) electrons. The summed E-state index contributed by atoms with van der Waals surface area (Å²) in [6.45, 7) is 1.41. The summed E-state index contributed by atoms with van der Waals surface area (Å²) >= 11 is 3.29. The summed E-state index contributed by atoms with van der Waals surface area (Å²) in [5.41, 5.74) is 0.727. The lowest BCUT2D eigenvalue weighted by molar-refractivity contribution is -0.384. The van der Waals surface area contributed by atoms with Gasteiger partial charge in [0.1, 0.15) is 12.2 Å². The van der Waals surface area contributed by atoms with E-state index < -0.39 is 10.8 Å². The molecule has 9 heteroatoms. The number of carbonyl (C=O) groups is 1. The summed E-state index contributed by atoms with van der Waals surface area (Å²) in [5, 5.41) is 14.0. The van der Waals surface area contributed by atoms with Gasteiger partial charge < -0.3 is 5.32 Å². The van der Waals surface area contributed by atoms with Crippen LogP contribution in [0.2, 0.25) is 0 Å². The van der Waals surface area contributed by atoms with E-state index in [2.05, 4.69) is 26.2 Å². The summed E-state index contributed by atoms with van der Waals surface area (Å²) in [4.78, 5) is 39.5. The predicted octanol–water partition coefficient (Wildman–Crippen LogP) is 3.01. The smallest absolute Gasteiger partial charge is 0.293 e. The Kier molecular flexibility index (Phi) is 4.81. The SMILES string of the molecule is Cc1ccc(NC(=O)Cn2cnc3ccc(Br)cc3c2=O)c([N+](=O)[O-])c1. The minimum atomic E-state index is -0.566. The molecular weight excluding hydrogens is 404 g/mol. The first kappa shape index (κ1) is 17.7. The lowest BCUT2D eigenvalue weighted by Gasteiger charge is -2.09. The molecule has 132 valence electrons. The number of aromatic nitrogens is 2. The molecule has 8 nitrogen and oxygen atoms in total. The van der Waals surface area contributed by atoms with E-state index in [1.54, 1.807) is 31.2 Å². The van der Waals surface area contributed by atoms with Crippen LogP contribution in [0.15, 0.2) is 52.0 Å². The van der Waals surface area contributed by atoms with Gasteiger partial charge in [0, 0.05) is 10.5 Å². The van der Waals surface area contributed by atoms with Crippen LogP contribution in [0.25, 0.3) is 10.9 Å². The molecule has 0 fully saturated rings. The molecule has 0 aliphatic heterocycles. The Morgan fingerprint density at radius 3 is 2.81 bits per heavy atom. The number of nitro groups is 1. The maximum absolute atomic E-state index is 12.5. The van der Waals surface area contributed by atoms with Crippen LogP contribution in [-0.4, -0.2) is 20.4 Å². The van der Waals surface area contributed by atoms with Crippen molar-refractivity contribution in [3.63, 3.8) is 0 Å². The summed E-state index contributed by atoms with van der Waals surface area (Å²) in [5.74, 6) is -0.560. The first-order chi connectivity index (χ1) is 12.3. The number of hydrogen-bond donors (Lipinski definition) is 1. The van der Waals surface area contributed by atoms with Gasteiger partial charge in [0.25, 0.3) is 11.2 Å². The molecule has 1 amide bonds. The third kappa shape index (κ3) is 3.62. The van der Waals surface area contributed by atoms with Gasteiger partial charge in [0.15, 0.2) is 0 Å². The molecule has 3 aromatic rings. The Morgan fingerprint density at radius 2 is 2.08 bits per heavy atom. The molecule has 0 aliphatic carbocycles. The summed E-state index contributed by atoms with van der Waals surface area (Å²) in [6, 6.07) is 9.58. The van der Waals surface area contributed by atoms with Crippen LogP contribution >= 0.6 is 15.9 Å². The number of aryl methyl sites for hydroxylation is 1. The van der Waals surface area contributed by atoms with E-state index in [0.717, 1.165) is 9.04 Å². The van der Waals surface area contributed by atoms with Crippen molar-refractivity contribution in [2.45, 2.75) is 13.5 Å². The minimum absolute atomic E-state index is 0.0788. The van der Waals surface area contributed by atoms with Gasteiger partial charge >= 0.3 is 0 Å². The number of halogens is 1. The van der Waals surface area contributed by atoms with Gasteiger partial charge in [-0.15, -0.1) is 0 Å². The first-order valence-electron chi connectivity index (χ1n) is 7.55. The van der Waals surface area contributed by atoms with Crippen molar-refractivity contribution in [1.29, 1.82) is 0 Å². The fourth-order valence-electron chi connectivity index (χ4n) is 2.49.